The first-order valence-corrected chi connectivity index (χ1v) is 8.77. The number of aromatic nitrogens is 1. The van der Waals surface area contributed by atoms with Crippen LogP contribution >= 0.6 is 0 Å². The van der Waals surface area contributed by atoms with Gasteiger partial charge in [-0.2, -0.15) is 0 Å². The van der Waals surface area contributed by atoms with Gasteiger partial charge in [0.2, 0.25) is 0 Å². The first-order valence-electron chi connectivity index (χ1n) is 8.77. The third kappa shape index (κ3) is 1.90. The van der Waals surface area contributed by atoms with Gasteiger partial charge in [0.05, 0.1) is 16.5 Å². The molecule has 5 rings (SSSR count). The summed E-state index contributed by atoms with van der Waals surface area (Å²) < 4.78 is 0. The summed E-state index contributed by atoms with van der Waals surface area (Å²) in [6, 6.07) is 14.1. The monoisotopic (exact) mass is 353 g/mol. The Morgan fingerprint density at radius 2 is 1.30 bits per heavy atom. The van der Waals surface area contributed by atoms with Crippen LogP contribution in [0.2, 0.25) is 0 Å². The molecular weight excluding hydrogens is 338 g/mol. The molecule has 0 amide bonds. The maximum atomic E-state index is 13.3. The summed E-state index contributed by atoms with van der Waals surface area (Å²) in [5.74, 6) is -0.393. The predicted octanol–water partition coefficient (Wildman–Crippen LogP) is 4.07. The van der Waals surface area contributed by atoms with E-state index in [1.807, 2.05) is 19.1 Å². The lowest BCUT2D eigenvalue weighted by molar-refractivity contribution is 0.0979. The number of carbonyl (C=O) groups excluding carboxylic acids is 2. The van der Waals surface area contributed by atoms with Gasteiger partial charge in [0.1, 0.15) is 0 Å². The van der Waals surface area contributed by atoms with Gasteiger partial charge in [0, 0.05) is 27.6 Å². The number of rotatable bonds is 0. The molecule has 1 aromatic heterocycles. The van der Waals surface area contributed by atoms with Crippen LogP contribution < -0.4 is 5.43 Å². The van der Waals surface area contributed by atoms with Crippen molar-refractivity contribution in [3.63, 3.8) is 0 Å². The number of pyridine rings is 1. The quantitative estimate of drug-likeness (QED) is 0.427. The number of fused-ring (bicyclic) bond motifs is 5. The Labute approximate surface area is 154 Å². The average Bonchev–Trinajstić information content (AvgIpc) is 2.69. The zero-order chi connectivity index (χ0) is 18.9. The molecule has 0 saturated heterocycles. The SMILES string of the molecule is Cc1c2c(c3[nH]c4ccccc4c(=O)c3c1C)C(=O)c1ccccc1C2=O. The molecule has 4 heteroatoms. The van der Waals surface area contributed by atoms with Gasteiger partial charge < -0.3 is 4.98 Å². The third-order valence-electron chi connectivity index (χ3n) is 5.59. The highest BCUT2D eigenvalue weighted by Crippen LogP contribution is 2.35. The van der Waals surface area contributed by atoms with Crippen molar-refractivity contribution in [1.82, 2.24) is 4.98 Å². The van der Waals surface area contributed by atoms with Crippen LogP contribution in [0.25, 0.3) is 21.8 Å². The third-order valence-corrected chi connectivity index (χ3v) is 5.59. The summed E-state index contributed by atoms with van der Waals surface area (Å²) in [6.45, 7) is 3.64. The van der Waals surface area contributed by atoms with Crippen molar-refractivity contribution in [2.45, 2.75) is 13.8 Å². The molecule has 1 N–H and O–H groups in total. The number of carbonyl (C=O) groups is 2. The number of aryl methyl sites for hydroxylation is 1. The minimum Gasteiger partial charge on any atom is -0.354 e. The molecule has 0 saturated carbocycles. The number of benzene rings is 3. The van der Waals surface area contributed by atoms with Gasteiger partial charge in [-0.3, -0.25) is 14.4 Å². The minimum absolute atomic E-state index is 0.123. The zero-order valence-electron chi connectivity index (χ0n) is 14.8. The molecule has 1 aliphatic rings. The van der Waals surface area contributed by atoms with Gasteiger partial charge in [-0.25, -0.2) is 0 Å². The number of ketones is 2. The molecule has 1 heterocycles. The van der Waals surface area contributed by atoms with Gasteiger partial charge in [-0.05, 0) is 37.1 Å². The molecule has 0 fully saturated rings. The average molecular weight is 353 g/mol. The molecule has 0 atom stereocenters. The molecule has 4 nitrogen and oxygen atoms in total. The van der Waals surface area contributed by atoms with Crippen LogP contribution in [0.15, 0.2) is 53.3 Å². The van der Waals surface area contributed by atoms with Gasteiger partial charge in [0.25, 0.3) is 0 Å². The summed E-state index contributed by atoms with van der Waals surface area (Å²) in [4.78, 5) is 42.9. The molecule has 130 valence electrons. The van der Waals surface area contributed by atoms with Crippen LogP contribution in [0.3, 0.4) is 0 Å². The fraction of sp³-hybridized carbons (Fsp3) is 0.0870. The van der Waals surface area contributed by atoms with Crippen LogP contribution in [0.4, 0.5) is 0 Å². The fourth-order valence-electron chi connectivity index (χ4n) is 4.13. The van der Waals surface area contributed by atoms with E-state index in [1.54, 1.807) is 43.3 Å². The van der Waals surface area contributed by atoms with Crippen molar-refractivity contribution in [2.24, 2.45) is 0 Å². The Balaban J connectivity index is 2.05. The highest BCUT2D eigenvalue weighted by atomic mass is 16.1. The smallest absolute Gasteiger partial charge is 0.197 e. The summed E-state index contributed by atoms with van der Waals surface area (Å²) in [7, 11) is 0. The predicted molar refractivity (Wildman–Crippen MR) is 105 cm³/mol. The van der Waals surface area contributed by atoms with E-state index < -0.39 is 0 Å². The van der Waals surface area contributed by atoms with Gasteiger partial charge >= 0.3 is 0 Å². The highest BCUT2D eigenvalue weighted by Gasteiger charge is 2.34. The van der Waals surface area contributed by atoms with Crippen molar-refractivity contribution in [2.75, 3.05) is 0 Å². The maximum absolute atomic E-state index is 13.3. The molecular formula is C23H15NO3. The van der Waals surface area contributed by atoms with Crippen LogP contribution in [0, 0.1) is 13.8 Å². The zero-order valence-corrected chi connectivity index (χ0v) is 14.8. The number of hydrogen-bond acceptors (Lipinski definition) is 3. The normalized spacial score (nSPS) is 13.1. The van der Waals surface area contributed by atoms with Crippen LogP contribution in [-0.2, 0) is 0 Å². The van der Waals surface area contributed by atoms with Crippen molar-refractivity contribution >= 4 is 33.4 Å². The second-order valence-corrected chi connectivity index (χ2v) is 6.95. The lowest BCUT2D eigenvalue weighted by atomic mass is 9.79. The molecule has 27 heavy (non-hydrogen) atoms. The number of para-hydroxylation sites is 1. The van der Waals surface area contributed by atoms with Crippen molar-refractivity contribution in [1.29, 1.82) is 0 Å². The molecule has 0 radical (unpaired) electrons. The molecule has 0 spiro atoms. The lowest BCUT2D eigenvalue weighted by Gasteiger charge is -2.22. The fourth-order valence-corrected chi connectivity index (χ4v) is 4.13. The first kappa shape index (κ1) is 15.7. The lowest BCUT2D eigenvalue weighted by Crippen LogP contribution is -2.24. The number of H-pyrrole nitrogens is 1. The Morgan fingerprint density at radius 3 is 2.00 bits per heavy atom. The topological polar surface area (TPSA) is 67.0 Å². The van der Waals surface area contributed by atoms with E-state index in [1.165, 1.54) is 0 Å². The number of aromatic amines is 1. The Kier molecular flexibility index (Phi) is 3.05. The van der Waals surface area contributed by atoms with Crippen molar-refractivity contribution in [3.8, 4) is 0 Å². The van der Waals surface area contributed by atoms with E-state index >= 15 is 0 Å². The van der Waals surface area contributed by atoms with Crippen LogP contribution in [-0.4, -0.2) is 16.6 Å². The van der Waals surface area contributed by atoms with E-state index in [4.69, 9.17) is 0 Å². The second kappa shape index (κ2) is 5.24. The summed E-state index contributed by atoms with van der Waals surface area (Å²) in [6.07, 6.45) is 0. The largest absolute Gasteiger partial charge is 0.354 e. The summed E-state index contributed by atoms with van der Waals surface area (Å²) in [5, 5.41) is 1.05. The van der Waals surface area contributed by atoms with E-state index in [0.717, 1.165) is 5.56 Å². The number of nitrogens with one attached hydrogen (secondary N) is 1. The molecule has 0 aliphatic heterocycles. The molecule has 0 bridgehead atoms. The van der Waals surface area contributed by atoms with E-state index in [0.29, 0.717) is 49.6 Å². The first-order chi connectivity index (χ1) is 13.0. The Morgan fingerprint density at radius 1 is 0.704 bits per heavy atom. The van der Waals surface area contributed by atoms with Gasteiger partial charge in [0.15, 0.2) is 17.0 Å². The Hall–Kier alpha value is -3.53. The van der Waals surface area contributed by atoms with Gasteiger partial charge in [-0.15, -0.1) is 0 Å². The Bertz CT molecular complexity index is 1390. The molecule has 0 unspecified atom stereocenters. The van der Waals surface area contributed by atoms with Crippen molar-refractivity contribution in [3.05, 3.63) is 92.1 Å². The van der Waals surface area contributed by atoms with E-state index in [9.17, 15) is 14.4 Å². The minimum atomic E-state index is -0.223. The molecule has 4 aromatic rings. The van der Waals surface area contributed by atoms with E-state index in [-0.39, 0.29) is 17.0 Å². The second-order valence-electron chi connectivity index (χ2n) is 6.95. The van der Waals surface area contributed by atoms with Crippen molar-refractivity contribution < 1.29 is 9.59 Å². The molecule has 1 aliphatic carbocycles. The van der Waals surface area contributed by atoms with E-state index in [2.05, 4.69) is 4.98 Å². The standard InChI is InChI=1S/C23H15NO3/c1-11-12(2)18-20(24-16-10-6-5-9-15(16)23(18)27)19-17(11)21(25)13-7-3-4-8-14(13)22(19)26/h3-10H,1-2H3,(H,24,27). The molecule has 3 aromatic carbocycles. The summed E-state index contributed by atoms with van der Waals surface area (Å²) >= 11 is 0. The van der Waals surface area contributed by atoms with Crippen LogP contribution in [0.1, 0.15) is 43.0 Å². The maximum Gasteiger partial charge on any atom is 0.197 e. The van der Waals surface area contributed by atoms with Crippen LogP contribution in [0.5, 0.6) is 0 Å². The highest BCUT2D eigenvalue weighted by molar-refractivity contribution is 6.32. The summed E-state index contributed by atoms with van der Waals surface area (Å²) in [5.41, 5.74) is 3.90. The number of hydrogen-bond donors (Lipinski definition) is 1. The van der Waals surface area contributed by atoms with Gasteiger partial charge in [-0.1, -0.05) is 36.4 Å².